The van der Waals surface area contributed by atoms with E-state index in [1.807, 2.05) is 0 Å². The molecule has 1 aromatic carbocycles. The molecule has 0 aliphatic carbocycles. The summed E-state index contributed by atoms with van der Waals surface area (Å²) in [7, 11) is 0. The maximum absolute atomic E-state index is 13.4. The molecule has 0 radical (unpaired) electrons. The summed E-state index contributed by atoms with van der Waals surface area (Å²) < 4.78 is 13.4. The fourth-order valence-electron chi connectivity index (χ4n) is 1.36. The van der Waals surface area contributed by atoms with Crippen LogP contribution in [-0.2, 0) is 4.79 Å². The lowest BCUT2D eigenvalue weighted by Crippen LogP contribution is -2.23. The van der Waals surface area contributed by atoms with Crippen molar-refractivity contribution >= 4 is 11.6 Å². The minimum Gasteiger partial charge on any atom is -0.330 e. The average Bonchev–Trinajstić information content (AvgIpc) is 2.22. The molecule has 1 atom stereocenters. The molecule has 3 nitrogen and oxygen atoms in total. The monoisotopic (exact) mass is 224 g/mol. The van der Waals surface area contributed by atoms with Crippen LogP contribution in [0.2, 0.25) is 0 Å². The zero-order valence-corrected chi connectivity index (χ0v) is 9.59. The molecule has 16 heavy (non-hydrogen) atoms. The quantitative estimate of drug-likeness (QED) is 0.822. The summed E-state index contributed by atoms with van der Waals surface area (Å²) >= 11 is 0. The van der Waals surface area contributed by atoms with Crippen LogP contribution >= 0.6 is 0 Å². The molecule has 0 spiro atoms. The first-order valence-corrected chi connectivity index (χ1v) is 5.31. The van der Waals surface area contributed by atoms with E-state index in [0.717, 1.165) is 5.56 Å². The second kappa shape index (κ2) is 5.61. The van der Waals surface area contributed by atoms with Crippen LogP contribution in [0.3, 0.4) is 0 Å². The van der Waals surface area contributed by atoms with E-state index in [4.69, 9.17) is 5.73 Å². The molecule has 88 valence electrons. The van der Waals surface area contributed by atoms with Crippen LogP contribution in [0.4, 0.5) is 10.1 Å². The van der Waals surface area contributed by atoms with Crippen molar-refractivity contribution in [1.82, 2.24) is 0 Å². The van der Waals surface area contributed by atoms with Crippen molar-refractivity contribution in [3.8, 4) is 0 Å². The van der Waals surface area contributed by atoms with Crippen molar-refractivity contribution < 1.29 is 9.18 Å². The second-order valence-electron chi connectivity index (χ2n) is 3.95. The lowest BCUT2D eigenvalue weighted by molar-refractivity contribution is -0.119. The molecule has 0 bridgehead atoms. The number of rotatable bonds is 4. The zero-order chi connectivity index (χ0) is 12.1. The van der Waals surface area contributed by atoms with Crippen LogP contribution in [0, 0.1) is 18.7 Å². The maximum Gasteiger partial charge on any atom is 0.227 e. The molecule has 0 aromatic heterocycles. The third-order valence-electron chi connectivity index (χ3n) is 2.43. The van der Waals surface area contributed by atoms with E-state index in [-0.39, 0.29) is 17.5 Å². The van der Waals surface area contributed by atoms with Crippen LogP contribution in [-0.4, -0.2) is 12.5 Å². The fraction of sp³-hybridized carbons (Fsp3) is 0.417. The van der Waals surface area contributed by atoms with E-state index >= 15 is 0 Å². The molecule has 0 saturated carbocycles. The number of halogens is 1. The Bertz CT molecular complexity index is 379. The number of hydrogen-bond donors (Lipinski definition) is 2. The molecule has 0 aliphatic heterocycles. The number of aryl methyl sites for hydroxylation is 1. The molecule has 0 aliphatic rings. The fourth-order valence-corrected chi connectivity index (χ4v) is 1.36. The molecule has 1 amide bonds. The second-order valence-corrected chi connectivity index (χ2v) is 3.95. The number of anilines is 1. The summed E-state index contributed by atoms with van der Waals surface area (Å²) in [4.78, 5) is 11.6. The lowest BCUT2D eigenvalue weighted by atomic mass is 10.1. The molecule has 3 N–H and O–H groups in total. The van der Waals surface area contributed by atoms with Crippen molar-refractivity contribution in [2.75, 3.05) is 11.9 Å². The Labute approximate surface area is 94.8 Å². The van der Waals surface area contributed by atoms with Gasteiger partial charge in [-0.3, -0.25) is 4.79 Å². The van der Waals surface area contributed by atoms with Crippen LogP contribution in [0.5, 0.6) is 0 Å². The summed E-state index contributed by atoms with van der Waals surface area (Å²) in [6, 6.07) is 4.72. The Morgan fingerprint density at radius 3 is 2.81 bits per heavy atom. The van der Waals surface area contributed by atoms with E-state index in [0.29, 0.717) is 13.0 Å². The van der Waals surface area contributed by atoms with Crippen LogP contribution in [0.1, 0.15) is 18.9 Å². The van der Waals surface area contributed by atoms with E-state index in [9.17, 15) is 9.18 Å². The van der Waals surface area contributed by atoms with Gasteiger partial charge in [-0.05, 0) is 37.6 Å². The van der Waals surface area contributed by atoms with Crippen LogP contribution in [0.15, 0.2) is 18.2 Å². The Kier molecular flexibility index (Phi) is 4.43. The minimum atomic E-state index is -0.409. The Balaban J connectivity index is 2.69. The third-order valence-corrected chi connectivity index (χ3v) is 2.43. The molecule has 0 fully saturated rings. The normalized spacial score (nSPS) is 12.2. The first-order chi connectivity index (χ1) is 7.54. The number of carbonyl (C=O) groups is 1. The van der Waals surface area contributed by atoms with Gasteiger partial charge in [0.25, 0.3) is 0 Å². The summed E-state index contributed by atoms with van der Waals surface area (Å²) in [5.41, 5.74) is 6.40. The predicted molar refractivity (Wildman–Crippen MR) is 62.6 cm³/mol. The molecule has 0 saturated heterocycles. The third kappa shape index (κ3) is 3.31. The van der Waals surface area contributed by atoms with E-state index in [2.05, 4.69) is 5.32 Å². The van der Waals surface area contributed by atoms with Crippen molar-refractivity contribution in [2.45, 2.75) is 20.3 Å². The van der Waals surface area contributed by atoms with E-state index in [1.54, 1.807) is 26.0 Å². The largest absolute Gasteiger partial charge is 0.330 e. The number of hydrogen-bond acceptors (Lipinski definition) is 2. The number of nitrogens with two attached hydrogens (primary N) is 1. The van der Waals surface area contributed by atoms with Gasteiger partial charge in [0.1, 0.15) is 5.82 Å². The smallest absolute Gasteiger partial charge is 0.227 e. The molecule has 0 heterocycles. The highest BCUT2D eigenvalue weighted by Crippen LogP contribution is 2.16. The van der Waals surface area contributed by atoms with Gasteiger partial charge in [0, 0.05) is 5.92 Å². The Hall–Kier alpha value is -1.42. The average molecular weight is 224 g/mol. The summed E-state index contributed by atoms with van der Waals surface area (Å²) in [5, 5.41) is 2.55. The summed E-state index contributed by atoms with van der Waals surface area (Å²) in [5.74, 6) is -0.813. The van der Waals surface area contributed by atoms with Gasteiger partial charge < -0.3 is 11.1 Å². The van der Waals surface area contributed by atoms with Gasteiger partial charge in [0.15, 0.2) is 0 Å². The van der Waals surface area contributed by atoms with Gasteiger partial charge in [0.2, 0.25) is 5.91 Å². The van der Waals surface area contributed by atoms with E-state index in [1.165, 1.54) is 6.07 Å². The standard InChI is InChI=1S/C12H17FN2O/c1-8-3-4-11(10(13)7-8)15-12(16)9(2)5-6-14/h3-4,7,9H,5-6,14H2,1-2H3,(H,15,16)/t9-/m0/s1. The van der Waals surface area contributed by atoms with Crippen molar-refractivity contribution in [3.63, 3.8) is 0 Å². The minimum absolute atomic E-state index is 0.201. The van der Waals surface area contributed by atoms with Crippen molar-refractivity contribution in [2.24, 2.45) is 11.7 Å². The first kappa shape index (κ1) is 12.6. The molecule has 4 heteroatoms. The van der Waals surface area contributed by atoms with Gasteiger partial charge >= 0.3 is 0 Å². The Morgan fingerprint density at radius 2 is 2.25 bits per heavy atom. The van der Waals surface area contributed by atoms with Gasteiger partial charge in [-0.15, -0.1) is 0 Å². The SMILES string of the molecule is Cc1ccc(NC(=O)[C@@H](C)CCN)c(F)c1. The van der Waals surface area contributed by atoms with Crippen LogP contribution < -0.4 is 11.1 Å². The topological polar surface area (TPSA) is 55.1 Å². The van der Waals surface area contributed by atoms with E-state index < -0.39 is 5.82 Å². The lowest BCUT2D eigenvalue weighted by Gasteiger charge is -2.11. The number of amides is 1. The number of nitrogens with one attached hydrogen (secondary N) is 1. The number of benzene rings is 1. The van der Waals surface area contributed by atoms with Gasteiger partial charge in [-0.25, -0.2) is 4.39 Å². The highest BCUT2D eigenvalue weighted by molar-refractivity contribution is 5.92. The highest BCUT2D eigenvalue weighted by Gasteiger charge is 2.13. The molecule has 1 aromatic rings. The summed E-state index contributed by atoms with van der Waals surface area (Å²) in [6.07, 6.45) is 0.597. The molecular formula is C12H17FN2O. The van der Waals surface area contributed by atoms with Crippen LogP contribution in [0.25, 0.3) is 0 Å². The first-order valence-electron chi connectivity index (χ1n) is 5.31. The predicted octanol–water partition coefficient (Wildman–Crippen LogP) is 2.06. The van der Waals surface area contributed by atoms with Gasteiger partial charge in [-0.1, -0.05) is 13.0 Å². The zero-order valence-electron chi connectivity index (χ0n) is 9.59. The summed E-state index contributed by atoms with van der Waals surface area (Å²) in [6.45, 7) is 4.02. The molecule has 0 unspecified atom stereocenters. The Morgan fingerprint density at radius 1 is 1.56 bits per heavy atom. The van der Waals surface area contributed by atoms with Gasteiger partial charge in [0.05, 0.1) is 5.69 Å². The number of carbonyl (C=O) groups excluding carboxylic acids is 1. The molecular weight excluding hydrogens is 207 g/mol. The highest BCUT2D eigenvalue weighted by atomic mass is 19.1. The maximum atomic E-state index is 13.4. The van der Waals surface area contributed by atoms with Gasteiger partial charge in [-0.2, -0.15) is 0 Å². The molecule has 1 rings (SSSR count). The van der Waals surface area contributed by atoms with Crippen molar-refractivity contribution in [3.05, 3.63) is 29.6 Å². The van der Waals surface area contributed by atoms with Crippen molar-refractivity contribution in [1.29, 1.82) is 0 Å².